The van der Waals surface area contributed by atoms with E-state index in [0.717, 1.165) is 0 Å². The summed E-state index contributed by atoms with van der Waals surface area (Å²) in [6, 6.07) is 5.20. The Hall–Kier alpha value is -0.760. The maximum absolute atomic E-state index is 11.5. The normalized spacial score (nSPS) is 13.7. The highest BCUT2D eigenvalue weighted by Crippen LogP contribution is 2.11. The minimum Gasteiger partial charge on any atom is -0.302 e. The van der Waals surface area contributed by atoms with Gasteiger partial charge in [-0.15, -0.1) is 0 Å². The fourth-order valence-corrected chi connectivity index (χ4v) is 2.42. The molecule has 5 nitrogen and oxygen atoms in total. The van der Waals surface area contributed by atoms with Gasteiger partial charge >= 0.3 is 0 Å². The second kappa shape index (κ2) is 4.84. The van der Waals surface area contributed by atoms with E-state index in [-0.39, 0.29) is 9.79 Å². The van der Waals surface area contributed by atoms with Crippen molar-refractivity contribution in [2.45, 2.75) is 16.7 Å². The second-order valence-corrected chi connectivity index (χ2v) is 5.46. The summed E-state index contributed by atoms with van der Waals surface area (Å²) in [7, 11) is -3.48. The van der Waals surface area contributed by atoms with E-state index in [1.165, 1.54) is 24.3 Å². The molecule has 1 aromatic rings. The van der Waals surface area contributed by atoms with Crippen molar-refractivity contribution in [1.82, 2.24) is 4.72 Å². The van der Waals surface area contributed by atoms with Crippen molar-refractivity contribution in [3.05, 3.63) is 24.3 Å². The van der Waals surface area contributed by atoms with Gasteiger partial charge in [0.15, 0.2) is 11.1 Å². The van der Waals surface area contributed by atoms with Gasteiger partial charge in [0.25, 0.3) is 0 Å². The molecule has 0 saturated carbocycles. The summed E-state index contributed by atoms with van der Waals surface area (Å²) in [5, 5.41) is 0. The highest BCUT2D eigenvalue weighted by molar-refractivity contribution is 7.89. The Balaban J connectivity index is 3.04. The molecule has 84 valence electrons. The first-order valence-electron chi connectivity index (χ1n) is 4.18. The molecular formula is C8H11NO4S2. The Labute approximate surface area is 90.8 Å². The Bertz CT molecular complexity index is 452. The third-order valence-corrected chi connectivity index (χ3v) is 3.91. The van der Waals surface area contributed by atoms with Gasteiger partial charge in [-0.05, 0) is 24.3 Å². The predicted octanol–water partition coefficient (Wildman–Crippen LogP) is 0.565. The van der Waals surface area contributed by atoms with E-state index in [1.54, 1.807) is 6.92 Å². The van der Waals surface area contributed by atoms with Gasteiger partial charge in [0.05, 0.1) is 9.79 Å². The number of hydrogen-bond acceptors (Lipinski definition) is 3. The molecule has 0 heterocycles. The van der Waals surface area contributed by atoms with Gasteiger partial charge in [0.1, 0.15) is 0 Å². The van der Waals surface area contributed by atoms with Crippen LogP contribution in [0.15, 0.2) is 34.1 Å². The molecule has 0 fully saturated rings. The zero-order valence-corrected chi connectivity index (χ0v) is 9.64. The quantitative estimate of drug-likeness (QED) is 0.764. The van der Waals surface area contributed by atoms with Crippen molar-refractivity contribution in [3.63, 3.8) is 0 Å². The van der Waals surface area contributed by atoms with Gasteiger partial charge < -0.3 is 4.55 Å². The molecule has 0 spiro atoms. The molecular weight excluding hydrogens is 238 g/mol. The predicted molar refractivity (Wildman–Crippen MR) is 56.3 cm³/mol. The van der Waals surface area contributed by atoms with E-state index in [2.05, 4.69) is 4.72 Å². The van der Waals surface area contributed by atoms with E-state index in [1.807, 2.05) is 0 Å². The first-order chi connectivity index (χ1) is 6.97. The number of hydrogen-bond donors (Lipinski definition) is 2. The molecule has 0 saturated heterocycles. The number of benzene rings is 1. The third-order valence-electron chi connectivity index (χ3n) is 1.67. The summed E-state index contributed by atoms with van der Waals surface area (Å²) >= 11 is -2.08. The van der Waals surface area contributed by atoms with Crippen LogP contribution < -0.4 is 4.72 Å². The Morgan fingerprint density at radius 3 is 2.27 bits per heavy atom. The van der Waals surface area contributed by atoms with E-state index < -0.39 is 21.1 Å². The van der Waals surface area contributed by atoms with Crippen LogP contribution >= 0.6 is 0 Å². The molecule has 1 rings (SSSR count). The fourth-order valence-electron chi connectivity index (χ4n) is 1.01. The highest BCUT2D eigenvalue weighted by Gasteiger charge is 2.12. The molecule has 1 unspecified atom stereocenters. The van der Waals surface area contributed by atoms with E-state index in [0.29, 0.717) is 6.54 Å². The second-order valence-electron chi connectivity index (χ2n) is 2.72. The lowest BCUT2D eigenvalue weighted by atomic mass is 10.4. The van der Waals surface area contributed by atoms with Crippen LogP contribution in [0.4, 0.5) is 0 Å². The summed E-state index contributed by atoms with van der Waals surface area (Å²) in [5.41, 5.74) is 0. The third kappa shape index (κ3) is 3.10. The number of rotatable bonds is 4. The van der Waals surface area contributed by atoms with Crippen LogP contribution in [-0.4, -0.2) is 23.7 Å². The van der Waals surface area contributed by atoms with Gasteiger partial charge in [-0.3, -0.25) is 0 Å². The van der Waals surface area contributed by atoms with Gasteiger partial charge in [-0.1, -0.05) is 6.92 Å². The minimum atomic E-state index is -3.48. The van der Waals surface area contributed by atoms with Crippen LogP contribution in [0, 0.1) is 0 Å². The van der Waals surface area contributed by atoms with Crippen molar-refractivity contribution in [2.24, 2.45) is 0 Å². The number of nitrogens with one attached hydrogen (secondary N) is 1. The van der Waals surface area contributed by atoms with Crippen molar-refractivity contribution >= 4 is 21.1 Å². The van der Waals surface area contributed by atoms with Crippen molar-refractivity contribution in [1.29, 1.82) is 0 Å². The minimum absolute atomic E-state index is 0.0820. The van der Waals surface area contributed by atoms with Gasteiger partial charge in [-0.2, -0.15) is 0 Å². The van der Waals surface area contributed by atoms with Gasteiger partial charge in [-0.25, -0.2) is 17.3 Å². The lowest BCUT2D eigenvalue weighted by molar-refractivity contribution is 0.563. The standard InChI is InChI=1S/C8H11NO4S2/c1-2-9-15(12,13)8-5-3-7(4-6-8)14(10)11/h3-6,9H,2H2,1H3,(H,10,11). The zero-order valence-electron chi connectivity index (χ0n) is 8.00. The molecule has 1 atom stereocenters. The maximum atomic E-state index is 11.5. The molecule has 15 heavy (non-hydrogen) atoms. The molecule has 0 aliphatic carbocycles. The molecule has 0 aromatic heterocycles. The van der Waals surface area contributed by atoms with Crippen LogP contribution in [0.2, 0.25) is 0 Å². The number of sulfonamides is 1. The molecule has 0 aliphatic rings. The van der Waals surface area contributed by atoms with Crippen molar-refractivity contribution in [3.8, 4) is 0 Å². The smallest absolute Gasteiger partial charge is 0.240 e. The Kier molecular flexibility index (Phi) is 3.97. The Morgan fingerprint density at radius 2 is 1.87 bits per heavy atom. The van der Waals surface area contributed by atoms with Crippen LogP contribution in [-0.2, 0) is 21.1 Å². The van der Waals surface area contributed by atoms with Crippen molar-refractivity contribution in [2.75, 3.05) is 6.54 Å². The van der Waals surface area contributed by atoms with Crippen LogP contribution in [0.25, 0.3) is 0 Å². The molecule has 1 aromatic carbocycles. The highest BCUT2D eigenvalue weighted by atomic mass is 32.2. The lowest BCUT2D eigenvalue weighted by Gasteiger charge is -2.04. The summed E-state index contributed by atoms with van der Waals surface area (Å²) in [5.74, 6) is 0. The molecule has 7 heteroatoms. The molecule has 0 radical (unpaired) electrons. The zero-order chi connectivity index (χ0) is 11.5. The average molecular weight is 249 g/mol. The van der Waals surface area contributed by atoms with E-state index >= 15 is 0 Å². The van der Waals surface area contributed by atoms with Crippen LogP contribution in [0.3, 0.4) is 0 Å². The van der Waals surface area contributed by atoms with Crippen LogP contribution in [0.1, 0.15) is 6.92 Å². The molecule has 0 amide bonds. The Morgan fingerprint density at radius 1 is 1.33 bits per heavy atom. The summed E-state index contributed by atoms with van der Waals surface area (Å²) in [4.78, 5) is 0.254. The maximum Gasteiger partial charge on any atom is 0.240 e. The topological polar surface area (TPSA) is 83.5 Å². The monoisotopic (exact) mass is 249 g/mol. The largest absolute Gasteiger partial charge is 0.302 e. The molecule has 0 aliphatic heterocycles. The van der Waals surface area contributed by atoms with Gasteiger partial charge in [0, 0.05) is 6.54 Å². The average Bonchev–Trinajstić information content (AvgIpc) is 2.18. The summed E-state index contributed by atoms with van der Waals surface area (Å²) < 4.78 is 44.6. The van der Waals surface area contributed by atoms with E-state index in [9.17, 15) is 12.6 Å². The molecule has 0 bridgehead atoms. The lowest BCUT2D eigenvalue weighted by Crippen LogP contribution is -2.23. The van der Waals surface area contributed by atoms with E-state index in [4.69, 9.17) is 4.55 Å². The van der Waals surface area contributed by atoms with Gasteiger partial charge in [0.2, 0.25) is 10.0 Å². The fraction of sp³-hybridized carbons (Fsp3) is 0.250. The SMILES string of the molecule is CCNS(=O)(=O)c1ccc(S(=O)O)cc1. The van der Waals surface area contributed by atoms with Crippen molar-refractivity contribution < 1.29 is 17.2 Å². The molecule has 2 N–H and O–H groups in total. The first kappa shape index (κ1) is 12.3. The van der Waals surface area contributed by atoms with Crippen LogP contribution in [0.5, 0.6) is 0 Å². The summed E-state index contributed by atoms with van der Waals surface area (Å²) in [6.07, 6.45) is 0. The summed E-state index contributed by atoms with van der Waals surface area (Å²) in [6.45, 7) is 1.98. The first-order valence-corrected chi connectivity index (χ1v) is 6.77.